The average molecular weight is 150 g/mol. The lowest BCUT2D eigenvalue weighted by Crippen LogP contribution is -1.80. The van der Waals surface area contributed by atoms with Crippen LogP contribution in [0.4, 0.5) is 4.39 Å². The fourth-order valence-electron chi connectivity index (χ4n) is 1.05. The molecule has 0 nitrogen and oxygen atoms in total. The molecule has 0 N–H and O–H groups in total. The van der Waals surface area contributed by atoms with Crippen LogP contribution in [0.15, 0.2) is 24.3 Å². The Morgan fingerprint density at radius 1 is 1.27 bits per heavy atom. The SMILES string of the molecule is CC=Cc1cc(C)cc(F)c1. The van der Waals surface area contributed by atoms with Gasteiger partial charge in [0.15, 0.2) is 0 Å². The van der Waals surface area contributed by atoms with Gasteiger partial charge in [0.2, 0.25) is 0 Å². The lowest BCUT2D eigenvalue weighted by molar-refractivity contribution is 0.626. The maximum atomic E-state index is 12.7. The molecule has 1 rings (SSSR count). The van der Waals surface area contributed by atoms with Crippen LogP contribution in [0.5, 0.6) is 0 Å². The van der Waals surface area contributed by atoms with Crippen LogP contribution in [0.3, 0.4) is 0 Å². The van der Waals surface area contributed by atoms with E-state index in [1.807, 2.05) is 32.1 Å². The molecule has 0 aromatic heterocycles. The van der Waals surface area contributed by atoms with E-state index in [0.717, 1.165) is 11.1 Å². The molecular weight excluding hydrogens is 139 g/mol. The molecular formula is C10H11F. The second kappa shape index (κ2) is 3.33. The van der Waals surface area contributed by atoms with Gasteiger partial charge in [-0.1, -0.05) is 18.2 Å². The third kappa shape index (κ3) is 2.19. The first-order valence-electron chi connectivity index (χ1n) is 3.62. The first kappa shape index (κ1) is 7.99. The van der Waals surface area contributed by atoms with Crippen molar-refractivity contribution in [2.75, 3.05) is 0 Å². The highest BCUT2D eigenvalue weighted by Crippen LogP contribution is 2.09. The van der Waals surface area contributed by atoms with E-state index in [9.17, 15) is 4.39 Å². The van der Waals surface area contributed by atoms with Gasteiger partial charge in [0.1, 0.15) is 5.82 Å². The summed E-state index contributed by atoms with van der Waals surface area (Å²) in [5, 5.41) is 0. The van der Waals surface area contributed by atoms with Gasteiger partial charge in [-0.3, -0.25) is 0 Å². The highest BCUT2D eigenvalue weighted by Gasteiger charge is 1.92. The van der Waals surface area contributed by atoms with Crippen molar-refractivity contribution in [3.8, 4) is 0 Å². The second-order valence-electron chi connectivity index (χ2n) is 2.56. The summed E-state index contributed by atoms with van der Waals surface area (Å²) >= 11 is 0. The molecule has 1 heteroatoms. The lowest BCUT2D eigenvalue weighted by Gasteiger charge is -1.96. The Bertz CT molecular complexity index is 254. The minimum Gasteiger partial charge on any atom is -0.207 e. The quantitative estimate of drug-likeness (QED) is 0.576. The Kier molecular flexibility index (Phi) is 2.42. The molecule has 0 fully saturated rings. The van der Waals surface area contributed by atoms with Crippen molar-refractivity contribution >= 4 is 6.08 Å². The third-order valence-corrected chi connectivity index (χ3v) is 1.42. The Balaban J connectivity index is 3.08. The van der Waals surface area contributed by atoms with Gasteiger partial charge in [-0.25, -0.2) is 4.39 Å². The third-order valence-electron chi connectivity index (χ3n) is 1.42. The van der Waals surface area contributed by atoms with E-state index in [0.29, 0.717) is 0 Å². The van der Waals surface area contributed by atoms with E-state index >= 15 is 0 Å². The van der Waals surface area contributed by atoms with Crippen molar-refractivity contribution in [1.29, 1.82) is 0 Å². The fraction of sp³-hybridized carbons (Fsp3) is 0.200. The van der Waals surface area contributed by atoms with Gasteiger partial charge in [-0.15, -0.1) is 0 Å². The van der Waals surface area contributed by atoms with Gasteiger partial charge in [0.05, 0.1) is 0 Å². The topological polar surface area (TPSA) is 0 Å². The first-order chi connectivity index (χ1) is 5.22. The van der Waals surface area contributed by atoms with Gasteiger partial charge in [0.25, 0.3) is 0 Å². The van der Waals surface area contributed by atoms with Gasteiger partial charge >= 0.3 is 0 Å². The molecule has 0 aliphatic carbocycles. The summed E-state index contributed by atoms with van der Waals surface area (Å²) in [4.78, 5) is 0. The van der Waals surface area contributed by atoms with Gasteiger partial charge in [-0.05, 0) is 37.1 Å². The minimum atomic E-state index is -0.168. The number of halogens is 1. The summed E-state index contributed by atoms with van der Waals surface area (Å²) in [5.74, 6) is -0.168. The monoisotopic (exact) mass is 150 g/mol. The van der Waals surface area contributed by atoms with Crippen molar-refractivity contribution in [3.63, 3.8) is 0 Å². The molecule has 0 unspecified atom stereocenters. The van der Waals surface area contributed by atoms with Crippen molar-refractivity contribution < 1.29 is 4.39 Å². The van der Waals surface area contributed by atoms with Crippen LogP contribution in [-0.4, -0.2) is 0 Å². The molecule has 0 radical (unpaired) electrons. The summed E-state index contributed by atoms with van der Waals surface area (Å²) in [5.41, 5.74) is 1.88. The average Bonchev–Trinajstić information content (AvgIpc) is 1.85. The van der Waals surface area contributed by atoms with E-state index in [-0.39, 0.29) is 5.82 Å². The van der Waals surface area contributed by atoms with Crippen LogP contribution in [-0.2, 0) is 0 Å². The number of aryl methyl sites for hydroxylation is 1. The van der Waals surface area contributed by atoms with E-state index < -0.39 is 0 Å². The summed E-state index contributed by atoms with van der Waals surface area (Å²) in [6.07, 6.45) is 3.78. The van der Waals surface area contributed by atoms with Crippen LogP contribution in [0.25, 0.3) is 6.08 Å². The normalized spacial score (nSPS) is 10.8. The Morgan fingerprint density at radius 3 is 2.55 bits per heavy atom. The number of benzene rings is 1. The Morgan fingerprint density at radius 2 is 2.00 bits per heavy atom. The van der Waals surface area contributed by atoms with Crippen LogP contribution in [0.1, 0.15) is 18.1 Å². The largest absolute Gasteiger partial charge is 0.207 e. The van der Waals surface area contributed by atoms with E-state index in [1.165, 1.54) is 12.1 Å². The predicted octanol–water partition coefficient (Wildman–Crippen LogP) is 3.17. The van der Waals surface area contributed by atoms with Crippen molar-refractivity contribution in [3.05, 3.63) is 41.2 Å². The molecule has 0 atom stereocenters. The number of rotatable bonds is 1. The van der Waals surface area contributed by atoms with Crippen molar-refractivity contribution in [2.24, 2.45) is 0 Å². The zero-order valence-corrected chi connectivity index (χ0v) is 6.76. The van der Waals surface area contributed by atoms with E-state index in [2.05, 4.69) is 0 Å². The van der Waals surface area contributed by atoms with Crippen LogP contribution in [0, 0.1) is 12.7 Å². The first-order valence-corrected chi connectivity index (χ1v) is 3.62. The molecule has 0 amide bonds. The molecule has 0 aliphatic heterocycles. The highest BCUT2D eigenvalue weighted by atomic mass is 19.1. The molecule has 58 valence electrons. The molecule has 0 bridgehead atoms. The Hall–Kier alpha value is -1.11. The van der Waals surface area contributed by atoms with E-state index in [1.54, 1.807) is 0 Å². The van der Waals surface area contributed by atoms with Crippen LogP contribution < -0.4 is 0 Å². The number of hydrogen-bond acceptors (Lipinski definition) is 0. The molecule has 0 heterocycles. The molecule has 0 saturated carbocycles. The molecule has 11 heavy (non-hydrogen) atoms. The molecule has 1 aromatic carbocycles. The molecule has 0 spiro atoms. The van der Waals surface area contributed by atoms with Crippen molar-refractivity contribution in [1.82, 2.24) is 0 Å². The van der Waals surface area contributed by atoms with Gasteiger partial charge < -0.3 is 0 Å². The maximum Gasteiger partial charge on any atom is 0.124 e. The molecule has 0 saturated heterocycles. The second-order valence-corrected chi connectivity index (χ2v) is 2.56. The molecule has 0 aliphatic rings. The minimum absolute atomic E-state index is 0.168. The van der Waals surface area contributed by atoms with Gasteiger partial charge in [0, 0.05) is 0 Å². The standard InChI is InChI=1S/C10H11F/c1-3-4-9-5-8(2)6-10(11)7-9/h3-7H,1-2H3. The fourth-order valence-corrected chi connectivity index (χ4v) is 1.05. The highest BCUT2D eigenvalue weighted by molar-refractivity contribution is 5.49. The van der Waals surface area contributed by atoms with E-state index in [4.69, 9.17) is 0 Å². The summed E-state index contributed by atoms with van der Waals surface area (Å²) in [6.45, 7) is 3.80. The lowest BCUT2D eigenvalue weighted by atomic mass is 10.1. The van der Waals surface area contributed by atoms with Crippen molar-refractivity contribution in [2.45, 2.75) is 13.8 Å². The Labute approximate surface area is 66.4 Å². The molecule has 1 aromatic rings. The summed E-state index contributed by atoms with van der Waals surface area (Å²) in [7, 11) is 0. The number of hydrogen-bond donors (Lipinski definition) is 0. The zero-order chi connectivity index (χ0) is 8.27. The smallest absolute Gasteiger partial charge is 0.124 e. The van der Waals surface area contributed by atoms with Gasteiger partial charge in [-0.2, -0.15) is 0 Å². The maximum absolute atomic E-state index is 12.7. The van der Waals surface area contributed by atoms with Crippen LogP contribution >= 0.6 is 0 Å². The summed E-state index contributed by atoms with van der Waals surface area (Å²) < 4.78 is 12.7. The summed E-state index contributed by atoms with van der Waals surface area (Å²) in [6, 6.07) is 4.99. The predicted molar refractivity (Wildman–Crippen MR) is 45.8 cm³/mol. The van der Waals surface area contributed by atoms with Crippen LogP contribution in [0.2, 0.25) is 0 Å². The zero-order valence-electron chi connectivity index (χ0n) is 6.76. The number of allylic oxidation sites excluding steroid dienone is 1.